The first-order valence-electron chi connectivity index (χ1n) is 32.5. The van der Waals surface area contributed by atoms with Gasteiger partial charge in [0.05, 0.1) is 11.4 Å². The number of benzene rings is 14. The fraction of sp³-hybridized carbons (Fsp3) is 0.227. The quantitative estimate of drug-likeness (QED) is 0.111. The summed E-state index contributed by atoms with van der Waals surface area (Å²) in [6.07, 6.45) is 0. The highest BCUT2D eigenvalue weighted by molar-refractivity contribution is 6.35. The number of aryl methyl sites for hydroxylation is 4. The van der Waals surface area contributed by atoms with Gasteiger partial charge in [0, 0.05) is 44.3 Å². The van der Waals surface area contributed by atoms with E-state index in [4.69, 9.17) is 0 Å². The average molecular weight is 1170 g/mol. The van der Waals surface area contributed by atoms with Gasteiger partial charge in [0.1, 0.15) is 0 Å². The zero-order valence-electron chi connectivity index (χ0n) is 55.7. The third-order valence-corrected chi connectivity index (χ3v) is 19.4. The van der Waals surface area contributed by atoms with Crippen LogP contribution in [0.15, 0.2) is 218 Å². The highest BCUT2D eigenvalue weighted by atomic mass is 15.1. The normalized spacial score (nSPS) is 12.7. The molecule has 14 aromatic rings. The molecule has 0 fully saturated rings. The maximum atomic E-state index is 2.56. The second kappa shape index (κ2) is 21.2. The van der Waals surface area contributed by atoms with Gasteiger partial charge in [-0.2, -0.15) is 0 Å². The van der Waals surface area contributed by atoms with Crippen molar-refractivity contribution in [1.82, 2.24) is 0 Å². The molecule has 0 atom stereocenters. The van der Waals surface area contributed by atoms with Crippen LogP contribution in [0, 0.1) is 27.7 Å². The zero-order chi connectivity index (χ0) is 63.1. The molecule has 14 aromatic carbocycles. The molecule has 0 heterocycles. The third kappa shape index (κ3) is 10.1. The first kappa shape index (κ1) is 58.4. The van der Waals surface area contributed by atoms with Gasteiger partial charge < -0.3 is 9.80 Å². The average Bonchev–Trinajstić information content (AvgIpc) is 0.699. The summed E-state index contributed by atoms with van der Waals surface area (Å²) in [7, 11) is 0. The molecular formula is C88H84N2. The molecule has 14 rings (SSSR count). The Morgan fingerprint density at radius 2 is 0.489 bits per heavy atom. The Balaban J connectivity index is 1.24. The van der Waals surface area contributed by atoms with Gasteiger partial charge in [0.25, 0.3) is 0 Å². The highest BCUT2D eigenvalue weighted by Crippen LogP contribution is 2.55. The number of hydrogen-bond donors (Lipinski definition) is 0. The molecule has 0 saturated carbocycles. The number of anilines is 6. The van der Waals surface area contributed by atoms with Crippen LogP contribution in [-0.4, -0.2) is 0 Å². The second-order valence-electron chi connectivity index (χ2n) is 30.2. The van der Waals surface area contributed by atoms with E-state index in [1.807, 2.05) is 0 Å². The standard InChI is InChI=1S/C88H84N2/c1-53-17-31-65(32-18-53)89(66-33-19-54(2)20-34-66)79-51-77(81-69-39-29-61(85(5,6)7)47-59(69)45-57-25-27-63(49-75(57)81)87(11,12)13)71-42-44-74-80(90(67-35-21-55(3)22-36-67)68-37-23-56(4)24-38-68)52-78(72-41-43-73(79)83(71)84(72)74)82-70-40-30-62(86(8,9)10)48-60(70)46-58-26-28-64(50-76(58)82)88(14,15)16/h17-52H,1-16H3. The maximum absolute atomic E-state index is 2.56. The molecule has 0 spiro atoms. The van der Waals surface area contributed by atoms with Crippen molar-refractivity contribution in [3.05, 3.63) is 263 Å². The summed E-state index contributed by atoms with van der Waals surface area (Å²) in [6, 6.07) is 85.6. The molecule has 2 heteroatoms. The monoisotopic (exact) mass is 1170 g/mol. The minimum atomic E-state index is -0.0840. The maximum Gasteiger partial charge on any atom is 0.0546 e. The van der Waals surface area contributed by atoms with Crippen LogP contribution < -0.4 is 9.80 Å². The topological polar surface area (TPSA) is 6.48 Å². The largest absolute Gasteiger partial charge is 0.310 e. The fourth-order valence-corrected chi connectivity index (χ4v) is 14.1. The Kier molecular flexibility index (Phi) is 13.8. The van der Waals surface area contributed by atoms with Crippen molar-refractivity contribution in [3.63, 3.8) is 0 Å². The Bertz CT molecular complexity index is 4730. The summed E-state index contributed by atoms with van der Waals surface area (Å²) < 4.78 is 0. The lowest BCUT2D eigenvalue weighted by Crippen LogP contribution is -2.13. The van der Waals surface area contributed by atoms with E-state index in [2.05, 4.69) is 339 Å². The molecule has 0 bridgehead atoms. The SMILES string of the molecule is Cc1ccc(N(c2ccc(C)cc2)c2cc(-c3c4ccc(C(C)(C)C)cc4cc4ccc(C(C)(C)C)cc34)c3ccc4c(N(c5ccc(C)cc5)c5ccc(C)cc5)cc(-c5c6ccc(C(C)(C)C)cc6cc6ccc(C(C)(C)C)cc56)c5ccc2c3c54)cc1. The molecule has 0 amide bonds. The van der Waals surface area contributed by atoms with Gasteiger partial charge in [-0.1, -0.05) is 239 Å². The van der Waals surface area contributed by atoms with Gasteiger partial charge >= 0.3 is 0 Å². The van der Waals surface area contributed by atoms with Gasteiger partial charge in [-0.15, -0.1) is 0 Å². The predicted molar refractivity (Wildman–Crippen MR) is 394 cm³/mol. The zero-order valence-corrected chi connectivity index (χ0v) is 55.7. The Labute approximate surface area is 533 Å². The summed E-state index contributed by atoms with van der Waals surface area (Å²) in [5, 5.41) is 17.3. The van der Waals surface area contributed by atoms with E-state index in [0.717, 1.165) is 34.1 Å². The van der Waals surface area contributed by atoms with Crippen LogP contribution >= 0.6 is 0 Å². The van der Waals surface area contributed by atoms with Gasteiger partial charge in [-0.05, 0) is 233 Å². The Hall–Kier alpha value is -9.24. The first-order valence-corrected chi connectivity index (χ1v) is 32.5. The molecule has 0 aromatic heterocycles. The van der Waals surface area contributed by atoms with Gasteiger partial charge in [0.2, 0.25) is 0 Å². The molecule has 0 N–H and O–H groups in total. The van der Waals surface area contributed by atoms with Crippen molar-refractivity contribution in [2.75, 3.05) is 9.80 Å². The van der Waals surface area contributed by atoms with Crippen LogP contribution in [0.2, 0.25) is 0 Å². The van der Waals surface area contributed by atoms with E-state index in [0.29, 0.717) is 0 Å². The summed E-state index contributed by atoms with van der Waals surface area (Å²) in [5.74, 6) is 0. The van der Waals surface area contributed by atoms with Crippen molar-refractivity contribution in [2.45, 2.75) is 132 Å². The van der Waals surface area contributed by atoms with E-state index in [1.165, 1.54) is 142 Å². The van der Waals surface area contributed by atoms with Crippen molar-refractivity contribution < 1.29 is 0 Å². The van der Waals surface area contributed by atoms with E-state index in [-0.39, 0.29) is 21.7 Å². The minimum absolute atomic E-state index is 0.0405. The van der Waals surface area contributed by atoms with Crippen LogP contribution in [0.4, 0.5) is 34.1 Å². The van der Waals surface area contributed by atoms with E-state index in [9.17, 15) is 0 Å². The molecule has 0 aliphatic carbocycles. The van der Waals surface area contributed by atoms with Gasteiger partial charge in [-0.25, -0.2) is 0 Å². The van der Waals surface area contributed by atoms with Crippen LogP contribution in [0.3, 0.4) is 0 Å². The van der Waals surface area contributed by atoms with Crippen LogP contribution in [0.5, 0.6) is 0 Å². The third-order valence-electron chi connectivity index (χ3n) is 19.4. The molecule has 0 aliphatic rings. The second-order valence-corrected chi connectivity index (χ2v) is 30.2. The van der Waals surface area contributed by atoms with Crippen molar-refractivity contribution in [2.24, 2.45) is 0 Å². The molecule has 0 aliphatic heterocycles. The Morgan fingerprint density at radius 1 is 0.222 bits per heavy atom. The number of rotatable bonds is 8. The molecule has 446 valence electrons. The van der Waals surface area contributed by atoms with Crippen LogP contribution in [0.25, 0.3) is 97.7 Å². The van der Waals surface area contributed by atoms with Gasteiger partial charge in [-0.3, -0.25) is 0 Å². The summed E-state index contributed by atoms with van der Waals surface area (Å²) in [4.78, 5) is 5.07. The summed E-state index contributed by atoms with van der Waals surface area (Å²) in [6.45, 7) is 36.8. The summed E-state index contributed by atoms with van der Waals surface area (Å²) >= 11 is 0. The van der Waals surface area contributed by atoms with Crippen molar-refractivity contribution >= 4 is 110 Å². The number of nitrogens with zero attached hydrogens (tertiary/aromatic N) is 2. The van der Waals surface area contributed by atoms with Crippen LogP contribution in [-0.2, 0) is 21.7 Å². The highest BCUT2D eigenvalue weighted by Gasteiger charge is 2.30. The lowest BCUT2D eigenvalue weighted by Gasteiger charge is -2.31. The Morgan fingerprint density at radius 3 is 0.789 bits per heavy atom. The molecule has 90 heavy (non-hydrogen) atoms. The molecule has 0 unspecified atom stereocenters. The molecule has 0 saturated heterocycles. The van der Waals surface area contributed by atoms with Gasteiger partial charge in [0.15, 0.2) is 0 Å². The van der Waals surface area contributed by atoms with Crippen molar-refractivity contribution in [3.8, 4) is 22.3 Å². The molecular weight excluding hydrogens is 1080 g/mol. The first-order chi connectivity index (χ1) is 42.8. The lowest BCUT2D eigenvalue weighted by molar-refractivity contribution is 0.590. The van der Waals surface area contributed by atoms with E-state index in [1.54, 1.807) is 0 Å². The molecule has 2 nitrogen and oxygen atoms in total. The van der Waals surface area contributed by atoms with Crippen LogP contribution in [0.1, 0.15) is 128 Å². The number of hydrogen-bond acceptors (Lipinski definition) is 2. The lowest BCUT2D eigenvalue weighted by atomic mass is 9.79. The molecule has 0 radical (unpaired) electrons. The summed E-state index contributed by atoms with van der Waals surface area (Å²) in [5.41, 5.74) is 21.5. The smallest absolute Gasteiger partial charge is 0.0546 e. The van der Waals surface area contributed by atoms with E-state index >= 15 is 0 Å². The predicted octanol–water partition coefficient (Wildman–Crippen LogP) is 25.9. The van der Waals surface area contributed by atoms with E-state index < -0.39 is 0 Å². The minimum Gasteiger partial charge on any atom is -0.310 e. The number of fused-ring (bicyclic) bond motifs is 4. The fourth-order valence-electron chi connectivity index (χ4n) is 14.1. The van der Waals surface area contributed by atoms with Crippen molar-refractivity contribution in [1.29, 1.82) is 0 Å².